The molecule has 0 aliphatic carbocycles. The zero-order chi connectivity index (χ0) is 13.1. The maximum absolute atomic E-state index is 11.3. The van der Waals surface area contributed by atoms with Gasteiger partial charge in [-0.25, -0.2) is 0 Å². The van der Waals surface area contributed by atoms with Gasteiger partial charge in [-0.2, -0.15) is 0 Å². The number of benzene rings is 1. The summed E-state index contributed by atoms with van der Waals surface area (Å²) < 4.78 is 0. The third-order valence-electron chi connectivity index (χ3n) is 2.57. The lowest BCUT2D eigenvalue weighted by molar-refractivity contribution is 0.100. The first-order chi connectivity index (χ1) is 8.63. The number of aromatic nitrogens is 1. The number of hydrogen-bond acceptors (Lipinski definition) is 2. The average Bonchev–Trinajstić information content (AvgIpc) is 2.39. The minimum Gasteiger partial charge on any atom is -0.366 e. The lowest BCUT2D eigenvalue weighted by atomic mass is 10.0. The van der Waals surface area contributed by atoms with E-state index in [2.05, 4.69) is 11.6 Å². The maximum atomic E-state index is 11.3. The van der Waals surface area contributed by atoms with Crippen LogP contribution >= 0.6 is 11.6 Å². The highest BCUT2D eigenvalue weighted by atomic mass is 35.5. The van der Waals surface area contributed by atoms with Gasteiger partial charge in [0.25, 0.3) is 0 Å². The fourth-order valence-corrected chi connectivity index (χ4v) is 1.92. The first-order valence-corrected chi connectivity index (χ1v) is 5.68. The number of halogens is 1. The van der Waals surface area contributed by atoms with E-state index in [1.54, 1.807) is 24.4 Å². The Kier molecular flexibility index (Phi) is 3.44. The molecule has 3 nitrogen and oxygen atoms in total. The molecule has 0 spiro atoms. The van der Waals surface area contributed by atoms with Crippen LogP contribution in [0.1, 0.15) is 16.1 Å². The van der Waals surface area contributed by atoms with Crippen LogP contribution in [0.3, 0.4) is 0 Å². The number of carbonyl (C=O) groups is 1. The third-order valence-corrected chi connectivity index (χ3v) is 2.90. The van der Waals surface area contributed by atoms with E-state index < -0.39 is 5.91 Å². The first-order valence-electron chi connectivity index (χ1n) is 5.30. The minimum atomic E-state index is -0.550. The Bertz CT molecular complexity index is 623. The molecule has 0 aliphatic heterocycles. The van der Waals surface area contributed by atoms with Crippen molar-refractivity contribution in [1.29, 1.82) is 0 Å². The molecular weight excluding hydrogens is 248 g/mol. The number of nitrogens with zero attached hydrogens (tertiary/aromatic N) is 1. The van der Waals surface area contributed by atoms with E-state index in [1.165, 1.54) is 0 Å². The van der Waals surface area contributed by atoms with Crippen LogP contribution in [0.5, 0.6) is 0 Å². The van der Waals surface area contributed by atoms with E-state index in [-0.39, 0.29) is 0 Å². The van der Waals surface area contributed by atoms with E-state index in [4.69, 9.17) is 17.3 Å². The zero-order valence-corrected chi connectivity index (χ0v) is 10.3. The van der Waals surface area contributed by atoms with Gasteiger partial charge in [-0.1, -0.05) is 30.3 Å². The molecule has 1 heterocycles. The largest absolute Gasteiger partial charge is 0.366 e. The highest BCUT2D eigenvalue weighted by Gasteiger charge is 2.10. The standard InChI is InChI=1S/C14H11ClN2O/c1-2-13-10(4-3-7-17-13)9-5-6-12(15)11(8-9)14(16)18/h2-8H,1H2,(H2,16,18). The van der Waals surface area contributed by atoms with E-state index in [0.717, 1.165) is 16.8 Å². The van der Waals surface area contributed by atoms with Crippen LogP contribution in [0.2, 0.25) is 5.02 Å². The first kappa shape index (κ1) is 12.3. The van der Waals surface area contributed by atoms with Crippen LogP contribution in [0, 0.1) is 0 Å². The molecule has 2 aromatic rings. The number of amides is 1. The zero-order valence-electron chi connectivity index (χ0n) is 9.56. The van der Waals surface area contributed by atoms with Crippen LogP contribution < -0.4 is 5.73 Å². The molecule has 0 atom stereocenters. The van der Waals surface area contributed by atoms with Gasteiger partial charge in [0.1, 0.15) is 0 Å². The summed E-state index contributed by atoms with van der Waals surface area (Å²) in [7, 11) is 0. The van der Waals surface area contributed by atoms with Crippen LogP contribution in [0.4, 0.5) is 0 Å². The minimum absolute atomic E-state index is 0.299. The summed E-state index contributed by atoms with van der Waals surface area (Å²) in [5, 5.41) is 0.343. The molecule has 90 valence electrons. The van der Waals surface area contributed by atoms with Crippen molar-refractivity contribution in [2.45, 2.75) is 0 Å². The molecule has 1 amide bonds. The van der Waals surface area contributed by atoms with Crippen LogP contribution in [0.25, 0.3) is 17.2 Å². The summed E-state index contributed by atoms with van der Waals surface area (Å²) in [6, 6.07) is 8.85. The number of carbonyl (C=O) groups excluding carboxylic acids is 1. The monoisotopic (exact) mass is 258 g/mol. The summed E-state index contributed by atoms with van der Waals surface area (Å²) in [6.45, 7) is 3.71. The predicted molar refractivity (Wildman–Crippen MR) is 73.3 cm³/mol. The molecule has 0 fully saturated rings. The van der Waals surface area contributed by atoms with Crippen molar-refractivity contribution in [2.75, 3.05) is 0 Å². The number of rotatable bonds is 3. The van der Waals surface area contributed by atoms with Crippen molar-refractivity contribution in [1.82, 2.24) is 4.98 Å². The Morgan fingerprint density at radius 1 is 1.39 bits per heavy atom. The molecule has 18 heavy (non-hydrogen) atoms. The van der Waals surface area contributed by atoms with E-state index >= 15 is 0 Å². The highest BCUT2D eigenvalue weighted by molar-refractivity contribution is 6.33. The molecule has 1 aromatic carbocycles. The van der Waals surface area contributed by atoms with Gasteiger partial charge < -0.3 is 5.73 Å². The van der Waals surface area contributed by atoms with Crippen molar-refractivity contribution < 1.29 is 4.79 Å². The Morgan fingerprint density at radius 3 is 2.83 bits per heavy atom. The van der Waals surface area contributed by atoms with Crippen molar-refractivity contribution in [3.63, 3.8) is 0 Å². The molecule has 0 bridgehead atoms. The van der Waals surface area contributed by atoms with E-state index in [1.807, 2.05) is 18.2 Å². The van der Waals surface area contributed by atoms with Gasteiger partial charge in [-0.15, -0.1) is 0 Å². The highest BCUT2D eigenvalue weighted by Crippen LogP contribution is 2.27. The second-order valence-corrected chi connectivity index (χ2v) is 4.11. The normalized spacial score (nSPS) is 10.1. The number of nitrogens with two attached hydrogens (primary N) is 1. The molecule has 0 aliphatic rings. The molecule has 1 aromatic heterocycles. The average molecular weight is 259 g/mol. The molecule has 0 radical (unpaired) electrons. The molecule has 2 rings (SSSR count). The Labute approximate surface area is 110 Å². The van der Waals surface area contributed by atoms with Crippen molar-refractivity contribution in [3.05, 3.63) is 59.4 Å². The van der Waals surface area contributed by atoms with Gasteiger partial charge >= 0.3 is 0 Å². The topological polar surface area (TPSA) is 56.0 Å². The quantitative estimate of drug-likeness (QED) is 0.919. The number of primary amides is 1. The van der Waals surface area contributed by atoms with Gasteiger partial charge in [0.2, 0.25) is 5.91 Å². The summed E-state index contributed by atoms with van der Waals surface area (Å²) in [5.41, 5.74) is 8.03. The lowest BCUT2D eigenvalue weighted by Crippen LogP contribution is -2.11. The molecule has 2 N–H and O–H groups in total. The Balaban J connectivity index is 2.61. The summed E-state index contributed by atoms with van der Waals surface area (Å²) in [5.74, 6) is -0.550. The molecular formula is C14H11ClN2O. The molecule has 4 heteroatoms. The second kappa shape index (κ2) is 5.02. The van der Waals surface area contributed by atoms with Crippen LogP contribution in [-0.2, 0) is 0 Å². The summed E-state index contributed by atoms with van der Waals surface area (Å²) in [6.07, 6.45) is 3.35. The van der Waals surface area contributed by atoms with E-state index in [9.17, 15) is 4.79 Å². The van der Waals surface area contributed by atoms with Gasteiger partial charge in [-0.3, -0.25) is 9.78 Å². The van der Waals surface area contributed by atoms with Crippen molar-refractivity contribution >= 4 is 23.6 Å². The second-order valence-electron chi connectivity index (χ2n) is 3.70. The van der Waals surface area contributed by atoms with Crippen LogP contribution in [-0.4, -0.2) is 10.9 Å². The molecule has 0 saturated carbocycles. The van der Waals surface area contributed by atoms with Crippen molar-refractivity contribution in [3.8, 4) is 11.1 Å². The third kappa shape index (κ3) is 2.26. The number of pyridine rings is 1. The Morgan fingerprint density at radius 2 is 2.17 bits per heavy atom. The maximum Gasteiger partial charge on any atom is 0.250 e. The summed E-state index contributed by atoms with van der Waals surface area (Å²) in [4.78, 5) is 15.5. The molecule has 0 unspecified atom stereocenters. The SMILES string of the molecule is C=Cc1ncccc1-c1ccc(Cl)c(C(N)=O)c1. The number of hydrogen-bond donors (Lipinski definition) is 1. The van der Waals surface area contributed by atoms with Gasteiger partial charge in [0, 0.05) is 11.8 Å². The van der Waals surface area contributed by atoms with Gasteiger partial charge in [0.15, 0.2) is 0 Å². The van der Waals surface area contributed by atoms with Gasteiger partial charge in [-0.05, 0) is 29.8 Å². The van der Waals surface area contributed by atoms with Crippen molar-refractivity contribution in [2.24, 2.45) is 5.73 Å². The fraction of sp³-hybridized carbons (Fsp3) is 0. The van der Waals surface area contributed by atoms with Gasteiger partial charge in [0.05, 0.1) is 16.3 Å². The van der Waals surface area contributed by atoms with Crippen LogP contribution in [0.15, 0.2) is 43.1 Å². The summed E-state index contributed by atoms with van der Waals surface area (Å²) >= 11 is 5.92. The predicted octanol–water partition coefficient (Wildman–Crippen LogP) is 3.14. The fourth-order valence-electron chi connectivity index (χ4n) is 1.71. The smallest absolute Gasteiger partial charge is 0.250 e. The molecule has 0 saturated heterocycles. The Hall–Kier alpha value is -2.13. The lowest BCUT2D eigenvalue weighted by Gasteiger charge is -2.07. The van der Waals surface area contributed by atoms with E-state index in [0.29, 0.717) is 10.6 Å².